The third-order valence-electron chi connectivity index (χ3n) is 5.53. The van der Waals surface area contributed by atoms with E-state index < -0.39 is 38.1 Å². The smallest absolute Gasteiger partial charge is 0.342 e. The van der Waals surface area contributed by atoms with Crippen LogP contribution in [-0.4, -0.2) is 91.4 Å². The van der Waals surface area contributed by atoms with Crippen LogP contribution in [0.2, 0.25) is 25.7 Å². The van der Waals surface area contributed by atoms with Gasteiger partial charge in [-0.25, -0.2) is 4.79 Å². The predicted octanol–water partition coefficient (Wildman–Crippen LogP) is 3.69. The summed E-state index contributed by atoms with van der Waals surface area (Å²) in [6, 6.07) is 4.15. The molecule has 0 bridgehead atoms. The SMILES string of the molecule is COCOc1cc(OC)cc(/C=C/C(OCOC)[C@@H]2OC(C)(C)O[C@@H]2CO)c1C(=O)OCC[Si](C)(C)C. The maximum absolute atomic E-state index is 13.3. The van der Waals surface area contributed by atoms with Gasteiger partial charge in [-0.1, -0.05) is 31.8 Å². The number of rotatable bonds is 15. The highest BCUT2D eigenvalue weighted by molar-refractivity contribution is 6.76. The van der Waals surface area contributed by atoms with Gasteiger partial charge in [0.1, 0.15) is 42.2 Å². The van der Waals surface area contributed by atoms with Crippen molar-refractivity contribution in [3.05, 3.63) is 29.3 Å². The second-order valence-electron chi connectivity index (χ2n) is 10.3. The van der Waals surface area contributed by atoms with Crippen molar-refractivity contribution in [2.75, 3.05) is 48.1 Å². The largest absolute Gasteiger partial charge is 0.497 e. The van der Waals surface area contributed by atoms with Crippen LogP contribution in [0.4, 0.5) is 0 Å². The Bertz CT molecular complexity index is 896. The quantitative estimate of drug-likeness (QED) is 0.200. The third-order valence-corrected chi connectivity index (χ3v) is 7.24. The Hall–Kier alpha value is -1.99. The molecule has 0 aromatic heterocycles. The molecule has 2 rings (SSSR count). The summed E-state index contributed by atoms with van der Waals surface area (Å²) in [7, 11) is 3.12. The number of hydrogen-bond acceptors (Lipinski definition) is 10. The van der Waals surface area contributed by atoms with Gasteiger partial charge in [-0.3, -0.25) is 0 Å². The predicted molar refractivity (Wildman–Crippen MR) is 141 cm³/mol. The Kier molecular flexibility index (Phi) is 12.0. The van der Waals surface area contributed by atoms with Gasteiger partial charge in [0.05, 0.1) is 20.3 Å². The summed E-state index contributed by atoms with van der Waals surface area (Å²) in [6.45, 7) is 10.2. The first kappa shape index (κ1) is 31.2. The average Bonchev–Trinajstić information content (AvgIpc) is 3.15. The number of carbonyl (C=O) groups excluding carboxylic acids is 1. The zero-order valence-electron chi connectivity index (χ0n) is 23.2. The molecule has 1 fully saturated rings. The van der Waals surface area contributed by atoms with Gasteiger partial charge in [-0.05, 0) is 31.5 Å². The van der Waals surface area contributed by atoms with E-state index in [9.17, 15) is 9.90 Å². The molecule has 1 aliphatic rings. The van der Waals surface area contributed by atoms with Gasteiger partial charge in [0.25, 0.3) is 0 Å². The van der Waals surface area contributed by atoms with Crippen LogP contribution in [0.25, 0.3) is 6.08 Å². The second kappa shape index (κ2) is 14.2. The zero-order chi connectivity index (χ0) is 27.6. The van der Waals surface area contributed by atoms with Crippen LogP contribution in [-0.2, 0) is 28.4 Å². The van der Waals surface area contributed by atoms with E-state index in [1.54, 1.807) is 38.1 Å². The maximum Gasteiger partial charge on any atom is 0.342 e. The molecule has 1 aliphatic heterocycles. The van der Waals surface area contributed by atoms with Crippen molar-refractivity contribution in [2.24, 2.45) is 0 Å². The van der Waals surface area contributed by atoms with Gasteiger partial charge in [0.15, 0.2) is 12.6 Å². The summed E-state index contributed by atoms with van der Waals surface area (Å²) in [6.07, 6.45) is 1.54. The maximum atomic E-state index is 13.3. The lowest BCUT2D eigenvalue weighted by Crippen LogP contribution is -2.38. The highest BCUT2D eigenvalue weighted by Crippen LogP contribution is 2.34. The highest BCUT2D eigenvalue weighted by atomic mass is 28.3. The molecule has 0 amide bonds. The minimum atomic E-state index is -1.41. The first-order chi connectivity index (χ1) is 17.4. The Morgan fingerprint density at radius 1 is 1.14 bits per heavy atom. The fourth-order valence-corrected chi connectivity index (χ4v) is 4.44. The van der Waals surface area contributed by atoms with Crippen molar-refractivity contribution in [1.29, 1.82) is 0 Å². The van der Waals surface area contributed by atoms with Gasteiger partial charge in [0.2, 0.25) is 0 Å². The van der Waals surface area contributed by atoms with Crippen LogP contribution in [0.1, 0.15) is 29.8 Å². The van der Waals surface area contributed by atoms with E-state index in [2.05, 4.69) is 19.6 Å². The standard InChI is InChI=1S/C26H42O10Si/c1-26(2)35-22(15-27)24(36-26)20(33-16-29-3)10-9-18-13-19(31-5)14-21(34-17-30-4)23(18)25(28)32-11-12-37(6,7)8/h9-10,13-14,20,22,24,27H,11-12,15-17H2,1-8H3/b10-9+/t20?,22-,24+/m1/s1. The second-order valence-corrected chi connectivity index (χ2v) is 15.9. The zero-order valence-corrected chi connectivity index (χ0v) is 24.2. The Morgan fingerprint density at radius 3 is 2.43 bits per heavy atom. The van der Waals surface area contributed by atoms with Crippen molar-refractivity contribution in [3.63, 3.8) is 0 Å². The summed E-state index contributed by atoms with van der Waals surface area (Å²) >= 11 is 0. The Labute approximate surface area is 220 Å². The molecule has 10 nitrogen and oxygen atoms in total. The summed E-state index contributed by atoms with van der Waals surface area (Å²) < 4.78 is 44.6. The molecule has 0 saturated carbocycles. The van der Waals surface area contributed by atoms with E-state index in [1.807, 2.05) is 0 Å². The van der Waals surface area contributed by atoms with E-state index in [0.717, 1.165) is 6.04 Å². The molecule has 37 heavy (non-hydrogen) atoms. The van der Waals surface area contributed by atoms with Crippen molar-refractivity contribution < 1.29 is 47.8 Å². The van der Waals surface area contributed by atoms with Crippen LogP contribution in [0.3, 0.4) is 0 Å². The number of aliphatic hydroxyl groups is 1. The van der Waals surface area contributed by atoms with E-state index in [4.69, 9.17) is 37.9 Å². The fraction of sp³-hybridized carbons (Fsp3) is 0.654. The number of methoxy groups -OCH3 is 3. The molecule has 1 aromatic rings. The van der Waals surface area contributed by atoms with Crippen molar-refractivity contribution >= 4 is 20.1 Å². The van der Waals surface area contributed by atoms with E-state index in [0.29, 0.717) is 17.9 Å². The Balaban J connectivity index is 2.46. The molecule has 3 atom stereocenters. The molecular weight excluding hydrogens is 500 g/mol. The van der Waals surface area contributed by atoms with Crippen LogP contribution >= 0.6 is 0 Å². The fourth-order valence-electron chi connectivity index (χ4n) is 3.72. The van der Waals surface area contributed by atoms with Gasteiger partial charge in [-0.2, -0.15) is 0 Å². The summed E-state index contributed by atoms with van der Waals surface area (Å²) in [4.78, 5) is 13.3. The van der Waals surface area contributed by atoms with Gasteiger partial charge >= 0.3 is 5.97 Å². The van der Waals surface area contributed by atoms with Gasteiger partial charge in [-0.15, -0.1) is 0 Å². The normalized spacial score (nSPS) is 20.2. The topological polar surface area (TPSA) is 111 Å². The molecule has 11 heteroatoms. The third kappa shape index (κ3) is 9.68. The summed E-state index contributed by atoms with van der Waals surface area (Å²) in [5.41, 5.74) is 0.728. The number of carbonyl (C=O) groups is 1. The lowest BCUT2D eigenvalue weighted by atomic mass is 10.0. The number of hydrogen-bond donors (Lipinski definition) is 1. The summed E-state index contributed by atoms with van der Waals surface area (Å²) in [5, 5.41) is 9.85. The van der Waals surface area contributed by atoms with E-state index >= 15 is 0 Å². The minimum Gasteiger partial charge on any atom is -0.497 e. The first-order valence-corrected chi connectivity index (χ1v) is 15.9. The first-order valence-electron chi connectivity index (χ1n) is 12.2. The van der Waals surface area contributed by atoms with Crippen LogP contribution in [0.5, 0.6) is 11.5 Å². The van der Waals surface area contributed by atoms with Crippen molar-refractivity contribution in [1.82, 2.24) is 0 Å². The molecule has 0 radical (unpaired) electrons. The number of aliphatic hydroxyl groups excluding tert-OH is 1. The average molecular weight is 543 g/mol. The molecule has 1 unspecified atom stereocenters. The van der Waals surface area contributed by atoms with Crippen LogP contribution in [0, 0.1) is 0 Å². The Morgan fingerprint density at radius 2 is 1.84 bits per heavy atom. The lowest BCUT2D eigenvalue weighted by Gasteiger charge is -2.24. The highest BCUT2D eigenvalue weighted by Gasteiger charge is 2.44. The van der Waals surface area contributed by atoms with Crippen LogP contribution < -0.4 is 9.47 Å². The number of benzene rings is 1. The molecule has 1 N–H and O–H groups in total. The van der Waals surface area contributed by atoms with Crippen molar-refractivity contribution in [3.8, 4) is 11.5 Å². The number of esters is 1. The number of ether oxygens (including phenoxy) is 8. The molecule has 1 heterocycles. The van der Waals surface area contributed by atoms with E-state index in [1.165, 1.54) is 21.3 Å². The molecule has 1 saturated heterocycles. The minimum absolute atomic E-state index is 0.0145. The van der Waals surface area contributed by atoms with Crippen LogP contribution in [0.15, 0.2) is 18.2 Å². The molecule has 210 valence electrons. The van der Waals surface area contributed by atoms with E-state index in [-0.39, 0.29) is 31.5 Å². The summed E-state index contributed by atoms with van der Waals surface area (Å²) in [5.74, 6) is -0.671. The van der Waals surface area contributed by atoms with Gasteiger partial charge < -0.3 is 43.0 Å². The monoisotopic (exact) mass is 542 g/mol. The molecule has 0 aliphatic carbocycles. The molecular formula is C26H42O10Si. The van der Waals surface area contributed by atoms with Crippen molar-refractivity contribution in [2.45, 2.75) is 63.6 Å². The molecule has 0 spiro atoms. The lowest BCUT2D eigenvalue weighted by molar-refractivity contribution is -0.164. The molecule has 1 aromatic carbocycles. The van der Waals surface area contributed by atoms with Gasteiger partial charge in [0, 0.05) is 28.4 Å².